The third-order valence-electron chi connectivity index (χ3n) is 4.24. The third kappa shape index (κ3) is 5.08. The van der Waals surface area contributed by atoms with Crippen molar-refractivity contribution in [1.82, 2.24) is 5.32 Å². The van der Waals surface area contributed by atoms with E-state index in [1.807, 2.05) is 0 Å². The fourth-order valence-electron chi connectivity index (χ4n) is 3.02. The molecule has 1 amide bonds. The first kappa shape index (κ1) is 25.4. The van der Waals surface area contributed by atoms with E-state index in [1.165, 1.54) is 0 Å². The lowest BCUT2D eigenvalue weighted by Gasteiger charge is -2.50. The van der Waals surface area contributed by atoms with E-state index in [0.29, 0.717) is 0 Å². The minimum absolute atomic E-state index is 0.549. The number of carbonyl (C=O) groups excluding carboxylic acids is 3. The molecule has 1 fully saturated rings. The molecule has 0 unspecified atom stereocenters. The van der Waals surface area contributed by atoms with Gasteiger partial charge in [-0.2, -0.15) is 0 Å². The van der Waals surface area contributed by atoms with Gasteiger partial charge in [0.25, 0.3) is 5.79 Å². The fraction of sp³-hybridized carbons (Fsp3) is 0.611. The van der Waals surface area contributed by atoms with E-state index in [0.717, 1.165) is 34.0 Å². The molecule has 1 aliphatic heterocycles. The van der Waals surface area contributed by atoms with Crippen molar-refractivity contribution in [3.8, 4) is 0 Å². The van der Waals surface area contributed by atoms with Crippen LogP contribution in [0.5, 0.6) is 0 Å². The molecular weight excluding hydrogens is 406 g/mol. The van der Waals surface area contributed by atoms with Crippen molar-refractivity contribution in [1.29, 1.82) is 0 Å². The predicted molar refractivity (Wildman–Crippen MR) is 98.3 cm³/mol. The molecule has 0 aromatic carbocycles. The second-order valence-corrected chi connectivity index (χ2v) is 6.52. The van der Waals surface area contributed by atoms with Gasteiger partial charge < -0.3 is 44.7 Å². The monoisotopic (exact) mass is 433 g/mol. The van der Waals surface area contributed by atoms with Crippen LogP contribution in [0.2, 0.25) is 0 Å². The highest BCUT2D eigenvalue weighted by molar-refractivity contribution is 5.74. The Bertz CT molecular complexity index is 703. The van der Waals surface area contributed by atoms with Gasteiger partial charge in [0.1, 0.15) is 12.1 Å². The van der Waals surface area contributed by atoms with Crippen LogP contribution in [0.25, 0.3) is 0 Å². The molecule has 12 heteroatoms. The highest BCUT2D eigenvalue weighted by Gasteiger charge is 2.64. The summed E-state index contributed by atoms with van der Waals surface area (Å²) in [7, 11) is 1.08. The van der Waals surface area contributed by atoms with E-state index in [4.69, 9.17) is 24.1 Å². The number of esters is 2. The Morgan fingerprint density at radius 2 is 1.87 bits per heavy atom. The number of hydrogen-bond acceptors (Lipinski definition) is 11. The van der Waals surface area contributed by atoms with Gasteiger partial charge in [-0.15, -0.1) is 0 Å². The number of aliphatic hydroxyl groups excluding tert-OH is 4. The maximum absolute atomic E-state index is 11.7. The zero-order chi connectivity index (χ0) is 23.3. The van der Waals surface area contributed by atoms with Crippen LogP contribution >= 0.6 is 0 Å². The summed E-state index contributed by atoms with van der Waals surface area (Å²) in [4.78, 5) is 35.0. The lowest BCUT2D eigenvalue weighted by Crippen LogP contribution is -2.66. The normalized spacial score (nSPS) is 26.6. The Kier molecular flexibility index (Phi) is 8.36. The number of methoxy groups -OCH3 is 1. The molecule has 0 saturated carbocycles. The maximum Gasteiger partial charge on any atom is 0.342 e. The van der Waals surface area contributed by atoms with Crippen LogP contribution in [0.4, 0.5) is 0 Å². The molecule has 0 aliphatic carbocycles. The highest BCUT2D eigenvalue weighted by Crippen LogP contribution is 2.44. The van der Waals surface area contributed by atoms with Crippen LogP contribution < -0.4 is 5.32 Å². The van der Waals surface area contributed by atoms with Gasteiger partial charge >= 0.3 is 17.7 Å². The number of rotatable bonds is 8. The van der Waals surface area contributed by atoms with Crippen LogP contribution in [0, 0.1) is 0 Å². The Labute approximate surface area is 172 Å². The van der Waals surface area contributed by atoms with Gasteiger partial charge in [0.2, 0.25) is 5.91 Å². The third-order valence-corrected chi connectivity index (χ3v) is 4.24. The molecular formula is C18H27NO11. The molecule has 12 nitrogen and oxygen atoms in total. The van der Waals surface area contributed by atoms with Gasteiger partial charge in [0.15, 0.2) is 11.5 Å². The van der Waals surface area contributed by atoms with E-state index >= 15 is 0 Å². The van der Waals surface area contributed by atoms with E-state index in [-0.39, 0.29) is 0 Å². The molecule has 0 aromatic heterocycles. The molecule has 4 atom stereocenters. The molecule has 170 valence electrons. The SMILES string of the molecule is C=CC(OC(C)=O)(OC(C)=O)[C@]1(OC)C[C@H](O)[C@@H](NC(C)=O)C(=C(O)[C@H](O)CO)O1. The smallest absolute Gasteiger partial charge is 0.342 e. The first-order valence-electron chi connectivity index (χ1n) is 8.82. The van der Waals surface area contributed by atoms with Crippen molar-refractivity contribution >= 4 is 17.8 Å². The Hall–Kier alpha value is -2.67. The highest BCUT2D eigenvalue weighted by atomic mass is 16.8. The fourth-order valence-corrected chi connectivity index (χ4v) is 3.02. The van der Waals surface area contributed by atoms with Gasteiger partial charge in [-0.1, -0.05) is 6.58 Å². The molecule has 0 bridgehead atoms. The van der Waals surface area contributed by atoms with Crippen molar-refractivity contribution in [2.24, 2.45) is 0 Å². The van der Waals surface area contributed by atoms with Gasteiger partial charge in [-0.25, -0.2) is 0 Å². The number of aliphatic hydroxyl groups is 4. The van der Waals surface area contributed by atoms with Crippen molar-refractivity contribution < 1.29 is 53.8 Å². The molecule has 5 N–H and O–H groups in total. The van der Waals surface area contributed by atoms with Gasteiger partial charge in [-0.3, -0.25) is 14.4 Å². The van der Waals surface area contributed by atoms with E-state index in [2.05, 4.69) is 11.9 Å². The lowest BCUT2D eigenvalue weighted by atomic mass is 9.89. The van der Waals surface area contributed by atoms with Crippen molar-refractivity contribution in [2.45, 2.75) is 57.0 Å². The first-order valence-corrected chi connectivity index (χ1v) is 8.82. The molecule has 1 saturated heterocycles. The summed E-state index contributed by atoms with van der Waals surface area (Å²) < 4.78 is 21.3. The summed E-state index contributed by atoms with van der Waals surface area (Å²) in [5, 5.41) is 42.4. The predicted octanol–water partition coefficient (Wildman–Crippen LogP) is -1.25. The average Bonchev–Trinajstić information content (AvgIpc) is 2.66. The molecule has 0 spiro atoms. The minimum Gasteiger partial charge on any atom is -0.506 e. The molecule has 0 radical (unpaired) electrons. The average molecular weight is 433 g/mol. The van der Waals surface area contributed by atoms with Gasteiger partial charge in [0.05, 0.1) is 19.1 Å². The van der Waals surface area contributed by atoms with Gasteiger partial charge in [0, 0.05) is 27.9 Å². The van der Waals surface area contributed by atoms with Crippen LogP contribution in [0.3, 0.4) is 0 Å². The summed E-state index contributed by atoms with van der Waals surface area (Å²) in [6, 6.07) is -1.39. The molecule has 1 aliphatic rings. The number of ether oxygens (including phenoxy) is 4. The van der Waals surface area contributed by atoms with Crippen LogP contribution in [0.1, 0.15) is 27.2 Å². The van der Waals surface area contributed by atoms with Crippen LogP contribution in [0.15, 0.2) is 24.2 Å². The summed E-state index contributed by atoms with van der Waals surface area (Å²) in [6.45, 7) is 5.71. The quantitative estimate of drug-likeness (QED) is 0.133. The maximum atomic E-state index is 11.7. The van der Waals surface area contributed by atoms with E-state index < -0.39 is 72.2 Å². The number of carbonyl (C=O) groups is 3. The zero-order valence-electron chi connectivity index (χ0n) is 17.1. The summed E-state index contributed by atoms with van der Waals surface area (Å²) in [5.41, 5.74) is 0. The second-order valence-electron chi connectivity index (χ2n) is 6.52. The minimum atomic E-state index is -2.43. The van der Waals surface area contributed by atoms with E-state index in [9.17, 15) is 29.7 Å². The summed E-state index contributed by atoms with van der Waals surface area (Å²) >= 11 is 0. The standard InChI is InChI=1S/C18H27NO11/c1-6-17(28-10(3)22,29-11(4)23)18(27-5)7-12(24)14(19-9(2)21)16(30-18)15(26)13(25)8-20/h6,12-14,20,24-26H,1,7-8H2,2-5H3,(H,19,21)/t12-,13+,14+,18-/m0/s1. The van der Waals surface area contributed by atoms with Crippen molar-refractivity contribution in [3.63, 3.8) is 0 Å². The van der Waals surface area contributed by atoms with E-state index in [1.54, 1.807) is 0 Å². The topological polar surface area (TPSA) is 181 Å². The number of amides is 1. The Morgan fingerprint density at radius 3 is 2.23 bits per heavy atom. The largest absolute Gasteiger partial charge is 0.506 e. The first-order chi connectivity index (χ1) is 13.9. The molecule has 30 heavy (non-hydrogen) atoms. The number of nitrogens with one attached hydrogen (secondary N) is 1. The van der Waals surface area contributed by atoms with Gasteiger partial charge in [-0.05, 0) is 6.08 Å². The van der Waals surface area contributed by atoms with Crippen molar-refractivity contribution in [2.75, 3.05) is 13.7 Å². The summed E-state index contributed by atoms with van der Waals surface area (Å²) in [5.74, 6) is -8.76. The lowest BCUT2D eigenvalue weighted by molar-refractivity contribution is -0.370. The van der Waals surface area contributed by atoms with Crippen LogP contribution in [-0.2, 0) is 33.3 Å². The summed E-state index contributed by atoms with van der Waals surface area (Å²) in [6.07, 6.45) is -3.07. The molecule has 1 heterocycles. The Morgan fingerprint density at radius 1 is 1.33 bits per heavy atom. The molecule has 0 aromatic rings. The Balaban J connectivity index is 3.72. The van der Waals surface area contributed by atoms with Crippen molar-refractivity contribution in [3.05, 3.63) is 24.2 Å². The molecule has 1 rings (SSSR count). The number of hydrogen-bond donors (Lipinski definition) is 5. The van der Waals surface area contributed by atoms with Crippen LogP contribution in [-0.4, -0.2) is 81.8 Å². The second kappa shape index (κ2) is 9.89. The zero-order valence-corrected chi connectivity index (χ0v) is 17.1.